The van der Waals surface area contributed by atoms with Gasteiger partial charge in [-0.2, -0.15) is 0 Å². The fraction of sp³-hybridized carbons (Fsp3) is 0.364. The molecule has 1 unspecified atom stereocenters. The minimum absolute atomic E-state index is 0.255. The number of amidine groups is 2. The quantitative estimate of drug-likeness (QED) is 0.383. The summed E-state index contributed by atoms with van der Waals surface area (Å²) in [5.41, 5.74) is 6.62. The number of aliphatic imine (C=N–C) groups is 1. The third kappa shape index (κ3) is 7.13. The predicted molar refractivity (Wildman–Crippen MR) is 127 cm³/mol. The van der Waals surface area contributed by atoms with Crippen LogP contribution in [0.5, 0.6) is 0 Å². The van der Waals surface area contributed by atoms with Crippen molar-refractivity contribution in [3.63, 3.8) is 0 Å². The maximum Gasteiger partial charge on any atom is 0.337 e. The molecule has 2 aromatic rings. The maximum atomic E-state index is 12.1. The average Bonchev–Trinajstić information content (AvgIpc) is 3.42. The summed E-state index contributed by atoms with van der Waals surface area (Å²) < 4.78 is 16.9. The fourth-order valence-corrected chi connectivity index (χ4v) is 3.87. The highest BCUT2D eigenvalue weighted by molar-refractivity contribution is 7.11. The van der Waals surface area contributed by atoms with Crippen molar-refractivity contribution in [2.24, 2.45) is 16.6 Å². The third-order valence-electron chi connectivity index (χ3n) is 4.58. The second-order valence-corrected chi connectivity index (χ2v) is 8.46. The third-order valence-corrected chi connectivity index (χ3v) is 5.58. The number of carbonyl (C=O) groups excluding carboxylic acids is 1. The molecule has 1 aromatic heterocycles. The van der Waals surface area contributed by atoms with Gasteiger partial charge in [0, 0.05) is 35.3 Å². The molecule has 0 radical (unpaired) electrons. The molecule has 3 N–H and O–H groups in total. The molecule has 0 saturated carbocycles. The number of fused-ring (bicyclic) bond motifs is 1. The van der Waals surface area contributed by atoms with E-state index in [1.165, 1.54) is 19.2 Å². The van der Waals surface area contributed by atoms with Gasteiger partial charge in [-0.05, 0) is 30.5 Å². The van der Waals surface area contributed by atoms with Gasteiger partial charge in [-0.25, -0.2) is 14.2 Å². The molecule has 2 aliphatic rings. The Hall–Kier alpha value is -2.78. The molecule has 1 atom stereocenters. The summed E-state index contributed by atoms with van der Waals surface area (Å²) in [6, 6.07) is 5.82. The molecule has 1 aromatic carbocycles. The van der Waals surface area contributed by atoms with Crippen molar-refractivity contribution in [2.45, 2.75) is 26.7 Å². The van der Waals surface area contributed by atoms with Gasteiger partial charge in [0.2, 0.25) is 0 Å². The van der Waals surface area contributed by atoms with E-state index >= 15 is 0 Å². The Bertz CT molecular complexity index is 977. The van der Waals surface area contributed by atoms with Crippen LogP contribution in [0.25, 0.3) is 0 Å². The average molecular weight is 480 g/mol. The first-order valence-electron chi connectivity index (χ1n) is 10.0. The number of nitrogens with zero attached hydrogens (tertiary/aromatic N) is 3. The molecule has 1 fully saturated rings. The summed E-state index contributed by atoms with van der Waals surface area (Å²) >= 11 is 6.98. The summed E-state index contributed by atoms with van der Waals surface area (Å²) in [6.07, 6.45) is 3.34. The highest BCUT2D eigenvalue weighted by Gasteiger charge is 2.35. The largest absolute Gasteiger partial charge is 0.466 e. The van der Waals surface area contributed by atoms with Gasteiger partial charge >= 0.3 is 5.97 Å². The Balaban J connectivity index is 0.000000231. The van der Waals surface area contributed by atoms with E-state index < -0.39 is 0 Å². The number of carbonyl (C=O) groups is 1. The number of hydrogen-bond donors (Lipinski definition) is 2. The number of hydrogen-bond acceptors (Lipinski definition) is 7. The molecule has 2 aliphatic heterocycles. The molecule has 1 saturated heterocycles. The summed E-state index contributed by atoms with van der Waals surface area (Å²) in [4.78, 5) is 22.8. The molecule has 3 heterocycles. The van der Waals surface area contributed by atoms with Crippen molar-refractivity contribution in [3.8, 4) is 0 Å². The van der Waals surface area contributed by atoms with E-state index in [2.05, 4.69) is 21.8 Å². The number of nitrogens with two attached hydrogens (primary N) is 1. The zero-order valence-electron chi connectivity index (χ0n) is 18.3. The van der Waals surface area contributed by atoms with E-state index in [1.807, 2.05) is 12.3 Å². The van der Waals surface area contributed by atoms with Crippen LogP contribution < -0.4 is 5.73 Å². The molecule has 10 heteroatoms. The van der Waals surface area contributed by atoms with Crippen LogP contribution in [0.1, 0.15) is 31.7 Å². The Labute approximate surface area is 196 Å². The lowest BCUT2D eigenvalue weighted by Crippen LogP contribution is -2.34. The van der Waals surface area contributed by atoms with Crippen LogP contribution in [-0.2, 0) is 9.53 Å². The molecule has 0 bridgehead atoms. The number of methoxy groups -OCH3 is 1. The minimum atomic E-state index is -0.294. The molecule has 0 amide bonds. The number of nitrogens with one attached hydrogen (secondary N) is 1. The Morgan fingerprint density at radius 2 is 2.19 bits per heavy atom. The number of allylic oxidation sites excluding steroid dienone is 1. The van der Waals surface area contributed by atoms with Crippen LogP contribution in [0.3, 0.4) is 0 Å². The van der Waals surface area contributed by atoms with Gasteiger partial charge in [-0.1, -0.05) is 31.5 Å². The first-order chi connectivity index (χ1) is 15.3. The number of ether oxygens (including phenoxy) is 1. The molecule has 172 valence electrons. The SMILES string of the molecule is CCC(=N)N.COC(=O)C1=C2CC(C)CN2C(c2nccs2)=NC1.Fc1cccc(Cl)c1. The van der Waals surface area contributed by atoms with Crippen LogP contribution in [0.2, 0.25) is 5.02 Å². The zero-order chi connectivity index (χ0) is 23.7. The lowest BCUT2D eigenvalue weighted by molar-refractivity contribution is -0.136. The van der Waals surface area contributed by atoms with Crippen LogP contribution in [0.4, 0.5) is 4.39 Å². The zero-order valence-corrected chi connectivity index (χ0v) is 19.8. The monoisotopic (exact) mass is 479 g/mol. The van der Waals surface area contributed by atoms with Gasteiger partial charge in [0.25, 0.3) is 0 Å². The Morgan fingerprint density at radius 3 is 2.69 bits per heavy atom. The highest BCUT2D eigenvalue weighted by Crippen LogP contribution is 2.34. The predicted octanol–water partition coefficient (Wildman–Crippen LogP) is 4.48. The maximum absolute atomic E-state index is 12.1. The van der Waals surface area contributed by atoms with Crippen LogP contribution in [0, 0.1) is 17.1 Å². The summed E-state index contributed by atoms with van der Waals surface area (Å²) in [5.74, 6) is 1.10. The van der Waals surface area contributed by atoms with E-state index in [0.717, 1.165) is 29.5 Å². The number of esters is 1. The van der Waals surface area contributed by atoms with Gasteiger partial charge in [-0.3, -0.25) is 10.4 Å². The second-order valence-electron chi connectivity index (χ2n) is 7.13. The lowest BCUT2D eigenvalue weighted by Gasteiger charge is -2.26. The van der Waals surface area contributed by atoms with E-state index in [-0.39, 0.29) is 17.6 Å². The highest BCUT2D eigenvalue weighted by atomic mass is 35.5. The molecular weight excluding hydrogens is 453 g/mol. The smallest absolute Gasteiger partial charge is 0.337 e. The number of halogens is 2. The van der Waals surface area contributed by atoms with Crippen LogP contribution in [-0.4, -0.2) is 47.7 Å². The molecule has 0 aliphatic carbocycles. The standard InChI is InChI=1S/C13H15N3O2S.C6H4ClF.C3H8N2/c1-8-5-10-9(13(17)18-2)6-15-11(16(10)7-8)12-14-3-4-19-12;7-5-2-1-3-6(8)4-5;1-2-3(4)5/h3-4,8H,5-7H2,1-2H3;1-4H;2H2,1H3,(H3,4,5). The Kier molecular flexibility index (Phi) is 9.80. The van der Waals surface area contributed by atoms with E-state index in [9.17, 15) is 9.18 Å². The lowest BCUT2D eigenvalue weighted by atomic mass is 10.1. The van der Waals surface area contributed by atoms with Crippen molar-refractivity contribution >= 4 is 40.6 Å². The van der Waals surface area contributed by atoms with Crippen LogP contribution in [0.15, 0.2) is 52.1 Å². The summed E-state index contributed by atoms with van der Waals surface area (Å²) in [7, 11) is 1.42. The van der Waals surface area contributed by atoms with Crippen molar-refractivity contribution < 1.29 is 13.9 Å². The van der Waals surface area contributed by atoms with Gasteiger partial charge in [-0.15, -0.1) is 11.3 Å². The van der Waals surface area contributed by atoms with Crippen molar-refractivity contribution in [2.75, 3.05) is 20.2 Å². The van der Waals surface area contributed by atoms with Crippen molar-refractivity contribution in [3.05, 3.63) is 63.0 Å². The van der Waals surface area contributed by atoms with E-state index in [4.69, 9.17) is 27.5 Å². The van der Waals surface area contributed by atoms with E-state index in [0.29, 0.717) is 29.5 Å². The van der Waals surface area contributed by atoms with Gasteiger partial charge in [0.15, 0.2) is 10.8 Å². The van der Waals surface area contributed by atoms with Crippen molar-refractivity contribution in [1.29, 1.82) is 5.41 Å². The number of thiazole rings is 1. The number of benzene rings is 1. The molecule has 0 spiro atoms. The molecule has 7 nitrogen and oxygen atoms in total. The van der Waals surface area contributed by atoms with Crippen molar-refractivity contribution in [1.82, 2.24) is 9.88 Å². The molecular formula is C22H27ClFN5O2S. The van der Waals surface area contributed by atoms with E-state index in [1.54, 1.807) is 29.7 Å². The summed E-state index contributed by atoms with van der Waals surface area (Å²) in [5, 5.41) is 9.81. The Morgan fingerprint density at radius 1 is 1.47 bits per heavy atom. The minimum Gasteiger partial charge on any atom is -0.466 e. The second kappa shape index (κ2) is 12.3. The topological polar surface area (TPSA) is 105 Å². The molecule has 4 rings (SSSR count). The van der Waals surface area contributed by atoms with Gasteiger partial charge in [0.05, 0.1) is 25.1 Å². The van der Waals surface area contributed by atoms with Crippen LogP contribution >= 0.6 is 22.9 Å². The normalized spacial score (nSPS) is 16.7. The summed E-state index contributed by atoms with van der Waals surface area (Å²) in [6.45, 7) is 5.30. The first-order valence-corrected chi connectivity index (χ1v) is 11.3. The number of aromatic nitrogens is 1. The van der Waals surface area contributed by atoms with Gasteiger partial charge < -0.3 is 15.4 Å². The fourth-order valence-electron chi connectivity index (χ4n) is 3.04. The first kappa shape index (κ1) is 25.5. The molecule has 32 heavy (non-hydrogen) atoms. The van der Waals surface area contributed by atoms with Gasteiger partial charge in [0.1, 0.15) is 5.82 Å². The number of rotatable bonds is 3.